The molecule has 0 spiro atoms. The molecule has 3 nitrogen and oxygen atoms in total. The quantitative estimate of drug-likeness (QED) is 0.790. The molecular weight excluding hydrogens is 345 g/mol. The van der Waals surface area contributed by atoms with Gasteiger partial charge in [0.2, 0.25) is 0 Å². The predicted octanol–water partition coefficient (Wildman–Crippen LogP) is 4.96. The SMILES string of the molecule is Cc1cc(Br)c(F)cc1Nc1cc(Cl)nc(C2CC2)n1. The number of nitrogens with zero attached hydrogens (tertiary/aromatic N) is 2. The van der Waals surface area contributed by atoms with E-state index in [1.54, 1.807) is 12.1 Å². The first-order valence-corrected chi connectivity index (χ1v) is 7.47. The van der Waals surface area contributed by atoms with Crippen LogP contribution in [0.2, 0.25) is 5.15 Å². The van der Waals surface area contributed by atoms with Gasteiger partial charge in [0.15, 0.2) is 0 Å². The van der Waals surface area contributed by atoms with Crippen molar-refractivity contribution >= 4 is 39.0 Å². The van der Waals surface area contributed by atoms with Crippen molar-refractivity contribution in [1.82, 2.24) is 9.97 Å². The number of hydrogen-bond acceptors (Lipinski definition) is 3. The standard InChI is InChI=1S/C14H12BrClFN3/c1-7-4-9(15)10(17)5-11(7)18-13-6-12(16)19-14(20-13)8-2-3-8/h4-6,8H,2-3H2,1H3,(H,18,19,20). The summed E-state index contributed by atoms with van der Waals surface area (Å²) in [5.41, 5.74) is 1.59. The van der Waals surface area contributed by atoms with Gasteiger partial charge in [-0.2, -0.15) is 0 Å². The number of nitrogens with one attached hydrogen (secondary N) is 1. The fraction of sp³-hybridized carbons (Fsp3) is 0.286. The highest BCUT2D eigenvalue weighted by atomic mass is 79.9. The van der Waals surface area contributed by atoms with Crippen molar-refractivity contribution in [3.05, 3.63) is 45.0 Å². The Kier molecular flexibility index (Phi) is 3.65. The highest BCUT2D eigenvalue weighted by Gasteiger charge is 2.27. The largest absolute Gasteiger partial charge is 0.340 e. The monoisotopic (exact) mass is 355 g/mol. The van der Waals surface area contributed by atoms with Crippen molar-refractivity contribution in [1.29, 1.82) is 0 Å². The molecule has 1 aliphatic carbocycles. The molecule has 0 saturated heterocycles. The molecule has 6 heteroatoms. The van der Waals surface area contributed by atoms with Crippen LogP contribution in [0.25, 0.3) is 0 Å². The van der Waals surface area contributed by atoms with Crippen molar-refractivity contribution < 1.29 is 4.39 Å². The van der Waals surface area contributed by atoms with E-state index in [1.807, 2.05) is 6.92 Å². The number of anilines is 2. The van der Waals surface area contributed by atoms with Gasteiger partial charge in [0.05, 0.1) is 4.47 Å². The van der Waals surface area contributed by atoms with Gasteiger partial charge in [-0.15, -0.1) is 0 Å². The first-order chi connectivity index (χ1) is 9.52. The summed E-state index contributed by atoms with van der Waals surface area (Å²) >= 11 is 9.18. The average Bonchev–Trinajstić information content (AvgIpc) is 3.19. The topological polar surface area (TPSA) is 37.8 Å². The molecule has 1 N–H and O–H groups in total. The third kappa shape index (κ3) is 2.94. The van der Waals surface area contributed by atoms with Gasteiger partial charge in [0, 0.05) is 17.7 Å². The Labute approximate surface area is 129 Å². The molecule has 20 heavy (non-hydrogen) atoms. The van der Waals surface area contributed by atoms with E-state index in [2.05, 4.69) is 31.2 Å². The minimum absolute atomic E-state index is 0.319. The van der Waals surface area contributed by atoms with Gasteiger partial charge in [0.25, 0.3) is 0 Å². The van der Waals surface area contributed by atoms with E-state index in [1.165, 1.54) is 6.07 Å². The van der Waals surface area contributed by atoms with Gasteiger partial charge >= 0.3 is 0 Å². The zero-order chi connectivity index (χ0) is 14.3. The van der Waals surface area contributed by atoms with Crippen molar-refractivity contribution in [2.75, 3.05) is 5.32 Å². The molecule has 0 unspecified atom stereocenters. The zero-order valence-corrected chi connectivity index (χ0v) is 13.1. The summed E-state index contributed by atoms with van der Waals surface area (Å²) < 4.78 is 14.1. The smallest absolute Gasteiger partial charge is 0.139 e. The summed E-state index contributed by atoms with van der Waals surface area (Å²) in [6, 6.07) is 4.81. The van der Waals surface area contributed by atoms with Crippen LogP contribution in [0, 0.1) is 12.7 Å². The number of hydrogen-bond donors (Lipinski definition) is 1. The molecule has 1 heterocycles. The molecular formula is C14H12BrClFN3. The molecule has 0 aliphatic heterocycles. The Balaban J connectivity index is 1.92. The molecule has 104 valence electrons. The Morgan fingerprint density at radius 1 is 1.30 bits per heavy atom. The number of halogens is 3. The van der Waals surface area contributed by atoms with Gasteiger partial charge in [-0.3, -0.25) is 0 Å². The predicted molar refractivity (Wildman–Crippen MR) is 81.1 cm³/mol. The molecule has 1 aliphatic rings. The maximum atomic E-state index is 13.6. The molecule has 0 bridgehead atoms. The first-order valence-electron chi connectivity index (χ1n) is 6.30. The normalized spacial score (nSPS) is 14.4. The first kappa shape index (κ1) is 13.8. The van der Waals surface area contributed by atoms with E-state index in [0.29, 0.717) is 27.0 Å². The van der Waals surface area contributed by atoms with Gasteiger partial charge in [-0.1, -0.05) is 11.6 Å². The second-order valence-corrected chi connectivity index (χ2v) is 6.16. The summed E-state index contributed by atoms with van der Waals surface area (Å²) in [5.74, 6) is 1.45. The van der Waals surface area contributed by atoms with Crippen molar-refractivity contribution in [2.24, 2.45) is 0 Å². The van der Waals surface area contributed by atoms with E-state index in [-0.39, 0.29) is 5.82 Å². The summed E-state index contributed by atoms with van der Waals surface area (Å²) in [6.45, 7) is 1.90. The summed E-state index contributed by atoms with van der Waals surface area (Å²) in [7, 11) is 0. The Morgan fingerprint density at radius 2 is 2.05 bits per heavy atom. The van der Waals surface area contributed by atoms with Crippen LogP contribution in [0.3, 0.4) is 0 Å². The lowest BCUT2D eigenvalue weighted by atomic mass is 10.2. The van der Waals surface area contributed by atoms with E-state index in [0.717, 1.165) is 24.2 Å². The van der Waals surface area contributed by atoms with Crippen LogP contribution in [-0.2, 0) is 0 Å². The molecule has 3 rings (SSSR count). The van der Waals surface area contributed by atoms with E-state index in [4.69, 9.17) is 11.6 Å². The van der Waals surface area contributed by atoms with Gasteiger partial charge in [-0.05, 0) is 53.4 Å². The third-order valence-electron chi connectivity index (χ3n) is 3.18. The van der Waals surface area contributed by atoms with E-state index >= 15 is 0 Å². The fourth-order valence-corrected chi connectivity index (χ4v) is 2.59. The van der Waals surface area contributed by atoms with E-state index in [9.17, 15) is 4.39 Å². The molecule has 0 atom stereocenters. The number of aromatic nitrogens is 2. The molecule has 0 radical (unpaired) electrons. The summed E-state index contributed by atoms with van der Waals surface area (Å²) in [5, 5.41) is 3.51. The molecule has 1 aromatic carbocycles. The molecule has 1 fully saturated rings. The van der Waals surface area contributed by atoms with Crippen LogP contribution in [0.15, 0.2) is 22.7 Å². The van der Waals surface area contributed by atoms with Crippen LogP contribution in [-0.4, -0.2) is 9.97 Å². The fourth-order valence-electron chi connectivity index (χ4n) is 1.94. The Morgan fingerprint density at radius 3 is 2.75 bits per heavy atom. The number of aryl methyl sites for hydroxylation is 1. The second-order valence-electron chi connectivity index (χ2n) is 4.91. The lowest BCUT2D eigenvalue weighted by molar-refractivity contribution is 0.621. The highest BCUT2D eigenvalue weighted by Crippen LogP contribution is 2.39. The van der Waals surface area contributed by atoms with Crippen LogP contribution in [0.1, 0.15) is 30.1 Å². The van der Waals surface area contributed by atoms with Crippen LogP contribution >= 0.6 is 27.5 Å². The third-order valence-corrected chi connectivity index (χ3v) is 3.99. The number of rotatable bonds is 3. The van der Waals surface area contributed by atoms with Crippen molar-refractivity contribution in [2.45, 2.75) is 25.7 Å². The van der Waals surface area contributed by atoms with Crippen LogP contribution in [0.4, 0.5) is 15.9 Å². The van der Waals surface area contributed by atoms with Crippen LogP contribution < -0.4 is 5.32 Å². The minimum atomic E-state index is -0.319. The van der Waals surface area contributed by atoms with Crippen molar-refractivity contribution in [3.63, 3.8) is 0 Å². The van der Waals surface area contributed by atoms with Crippen molar-refractivity contribution in [3.8, 4) is 0 Å². The summed E-state index contributed by atoms with van der Waals surface area (Å²) in [4.78, 5) is 8.67. The molecule has 2 aromatic rings. The molecule has 0 amide bonds. The second kappa shape index (κ2) is 5.30. The Hall–Kier alpha value is -1.20. The number of benzene rings is 1. The van der Waals surface area contributed by atoms with Crippen LogP contribution in [0.5, 0.6) is 0 Å². The molecule has 1 saturated carbocycles. The maximum Gasteiger partial charge on any atom is 0.139 e. The average molecular weight is 357 g/mol. The van der Waals surface area contributed by atoms with Gasteiger partial charge in [0.1, 0.15) is 22.6 Å². The zero-order valence-electron chi connectivity index (χ0n) is 10.8. The molecule has 1 aromatic heterocycles. The lowest BCUT2D eigenvalue weighted by Crippen LogP contribution is -2.01. The van der Waals surface area contributed by atoms with Gasteiger partial charge < -0.3 is 5.32 Å². The lowest BCUT2D eigenvalue weighted by Gasteiger charge is -2.11. The Bertz CT molecular complexity index is 674. The maximum absolute atomic E-state index is 13.6. The van der Waals surface area contributed by atoms with E-state index < -0.39 is 0 Å². The summed E-state index contributed by atoms with van der Waals surface area (Å²) in [6.07, 6.45) is 2.21. The van der Waals surface area contributed by atoms with Gasteiger partial charge in [-0.25, -0.2) is 14.4 Å². The highest BCUT2D eigenvalue weighted by molar-refractivity contribution is 9.10. The minimum Gasteiger partial charge on any atom is -0.340 e.